The fraction of sp³-hybridized carbons (Fsp3) is 0.0909. The van der Waals surface area contributed by atoms with E-state index in [-0.39, 0.29) is 5.41 Å². The highest BCUT2D eigenvalue weighted by Gasteiger charge is 2.36. The molecule has 0 fully saturated rings. The SMILES string of the molecule is CC1(C)c2cc(-n3c4ccccc4c4ccccc43)ccc2-n2c(-c3ccccn3)nc3cccc1c32. The number of aromatic nitrogens is 4. The van der Waals surface area contributed by atoms with Gasteiger partial charge in [-0.1, -0.05) is 68.4 Å². The lowest BCUT2D eigenvalue weighted by molar-refractivity contribution is 0.628. The van der Waals surface area contributed by atoms with E-state index in [1.807, 2.05) is 24.4 Å². The molecule has 1 aliphatic rings. The predicted octanol–water partition coefficient (Wildman–Crippen LogP) is 7.82. The molecule has 0 saturated heterocycles. The van der Waals surface area contributed by atoms with Crippen molar-refractivity contribution in [3.8, 4) is 22.9 Å². The van der Waals surface area contributed by atoms with E-state index < -0.39 is 0 Å². The fourth-order valence-electron chi connectivity index (χ4n) is 6.24. The van der Waals surface area contributed by atoms with E-state index in [1.54, 1.807) is 0 Å². The molecule has 0 N–H and O–H groups in total. The Balaban J connectivity index is 1.46. The maximum atomic E-state index is 5.07. The summed E-state index contributed by atoms with van der Waals surface area (Å²) in [6, 6.07) is 36.7. The molecule has 0 bridgehead atoms. The van der Waals surface area contributed by atoms with Gasteiger partial charge in [-0.15, -0.1) is 0 Å². The number of nitrogens with zero attached hydrogens (tertiary/aromatic N) is 4. The van der Waals surface area contributed by atoms with Crippen LogP contribution in [0, 0.1) is 0 Å². The van der Waals surface area contributed by atoms with E-state index in [0.717, 1.165) is 22.7 Å². The first-order valence-electron chi connectivity index (χ1n) is 12.7. The summed E-state index contributed by atoms with van der Waals surface area (Å²) in [6.45, 7) is 4.65. The molecule has 7 aromatic rings. The standard InChI is InChI=1S/C33H24N4/c1-33(2)24-12-9-14-26-31(24)37(32(35-26)27-13-7-8-19-34-27)30-18-17-21(20-25(30)33)36-28-15-5-3-10-22(28)23-11-4-6-16-29(23)36/h3-20H,1-2H3. The van der Waals surface area contributed by atoms with Gasteiger partial charge in [0, 0.05) is 28.1 Å². The topological polar surface area (TPSA) is 35.6 Å². The molecule has 0 saturated carbocycles. The Labute approximate surface area is 214 Å². The van der Waals surface area contributed by atoms with Crippen LogP contribution in [0.4, 0.5) is 0 Å². The fourth-order valence-corrected chi connectivity index (χ4v) is 6.24. The number of para-hydroxylation sites is 3. The van der Waals surface area contributed by atoms with Gasteiger partial charge in [0.05, 0.1) is 27.8 Å². The monoisotopic (exact) mass is 476 g/mol. The van der Waals surface area contributed by atoms with Crippen molar-refractivity contribution in [3.63, 3.8) is 0 Å². The van der Waals surface area contributed by atoms with Crippen LogP contribution in [0.5, 0.6) is 0 Å². The van der Waals surface area contributed by atoms with E-state index in [4.69, 9.17) is 4.98 Å². The average molecular weight is 477 g/mol. The van der Waals surface area contributed by atoms with Gasteiger partial charge in [-0.25, -0.2) is 4.98 Å². The maximum absolute atomic E-state index is 5.07. The van der Waals surface area contributed by atoms with Crippen LogP contribution in [0.3, 0.4) is 0 Å². The van der Waals surface area contributed by atoms with Gasteiger partial charge in [0.15, 0.2) is 5.82 Å². The van der Waals surface area contributed by atoms with Crippen molar-refractivity contribution in [3.05, 3.63) is 120 Å². The average Bonchev–Trinajstić information content (AvgIpc) is 3.49. The highest BCUT2D eigenvalue weighted by molar-refractivity contribution is 6.09. The van der Waals surface area contributed by atoms with Crippen molar-refractivity contribution in [2.75, 3.05) is 0 Å². The van der Waals surface area contributed by atoms with Crippen molar-refractivity contribution >= 4 is 32.8 Å². The molecule has 3 aromatic heterocycles. The summed E-state index contributed by atoms with van der Waals surface area (Å²) in [5.74, 6) is 0.879. The number of pyridine rings is 1. The third-order valence-corrected chi connectivity index (χ3v) is 7.98. The smallest absolute Gasteiger partial charge is 0.164 e. The van der Waals surface area contributed by atoms with Crippen LogP contribution in [-0.2, 0) is 5.41 Å². The number of hydrogen-bond acceptors (Lipinski definition) is 2. The molecule has 8 rings (SSSR count). The number of benzene rings is 4. The van der Waals surface area contributed by atoms with Gasteiger partial charge >= 0.3 is 0 Å². The Bertz CT molecular complexity index is 1950. The van der Waals surface area contributed by atoms with Gasteiger partial charge in [-0.3, -0.25) is 9.55 Å². The molecule has 37 heavy (non-hydrogen) atoms. The Morgan fingerprint density at radius 2 is 1.38 bits per heavy atom. The van der Waals surface area contributed by atoms with Gasteiger partial charge in [0.25, 0.3) is 0 Å². The molecule has 4 aromatic carbocycles. The van der Waals surface area contributed by atoms with Crippen LogP contribution in [0.2, 0.25) is 0 Å². The van der Waals surface area contributed by atoms with E-state index >= 15 is 0 Å². The van der Waals surface area contributed by atoms with Gasteiger partial charge in [-0.2, -0.15) is 0 Å². The molecule has 0 atom stereocenters. The Hall–Kier alpha value is -4.70. The molecule has 0 radical (unpaired) electrons. The predicted molar refractivity (Wildman–Crippen MR) is 151 cm³/mol. The third-order valence-electron chi connectivity index (χ3n) is 7.98. The van der Waals surface area contributed by atoms with Gasteiger partial charge < -0.3 is 4.57 Å². The molecule has 1 aliphatic heterocycles. The lowest BCUT2D eigenvalue weighted by atomic mass is 9.74. The van der Waals surface area contributed by atoms with Crippen molar-refractivity contribution in [2.24, 2.45) is 0 Å². The zero-order valence-corrected chi connectivity index (χ0v) is 20.7. The Morgan fingerprint density at radius 1 is 0.649 bits per heavy atom. The number of hydrogen-bond donors (Lipinski definition) is 0. The van der Waals surface area contributed by atoms with Gasteiger partial charge in [0.2, 0.25) is 0 Å². The first-order valence-corrected chi connectivity index (χ1v) is 12.7. The highest BCUT2D eigenvalue weighted by atomic mass is 15.1. The highest BCUT2D eigenvalue weighted by Crippen LogP contribution is 2.46. The Morgan fingerprint density at radius 3 is 2.11 bits per heavy atom. The summed E-state index contributed by atoms with van der Waals surface area (Å²) in [7, 11) is 0. The summed E-state index contributed by atoms with van der Waals surface area (Å²) in [5.41, 5.74) is 10.2. The quantitative estimate of drug-likeness (QED) is 0.255. The Kier molecular flexibility index (Phi) is 3.97. The van der Waals surface area contributed by atoms with Crippen molar-refractivity contribution in [1.29, 1.82) is 0 Å². The summed E-state index contributed by atoms with van der Waals surface area (Å²) in [4.78, 5) is 9.72. The lowest BCUT2D eigenvalue weighted by Crippen LogP contribution is -2.26. The van der Waals surface area contributed by atoms with Crippen LogP contribution >= 0.6 is 0 Å². The molecule has 176 valence electrons. The summed E-state index contributed by atoms with van der Waals surface area (Å²) < 4.78 is 4.70. The summed E-state index contributed by atoms with van der Waals surface area (Å²) in [5, 5.41) is 2.54. The first kappa shape index (κ1) is 20.5. The van der Waals surface area contributed by atoms with Crippen LogP contribution in [0.15, 0.2) is 109 Å². The minimum Gasteiger partial charge on any atom is -0.309 e. The molecular weight excluding hydrogens is 452 g/mol. The molecule has 0 amide bonds. The number of imidazole rings is 1. The van der Waals surface area contributed by atoms with Crippen LogP contribution in [-0.4, -0.2) is 19.1 Å². The van der Waals surface area contributed by atoms with Crippen molar-refractivity contribution in [1.82, 2.24) is 19.1 Å². The van der Waals surface area contributed by atoms with Gasteiger partial charge in [-0.05, 0) is 59.7 Å². The van der Waals surface area contributed by atoms with Gasteiger partial charge in [0.1, 0.15) is 5.69 Å². The minimum atomic E-state index is -0.193. The number of rotatable bonds is 2. The van der Waals surface area contributed by atoms with Crippen LogP contribution < -0.4 is 0 Å². The van der Waals surface area contributed by atoms with E-state index in [1.165, 1.54) is 44.1 Å². The second-order valence-electron chi connectivity index (χ2n) is 10.4. The minimum absolute atomic E-state index is 0.193. The zero-order valence-electron chi connectivity index (χ0n) is 20.7. The van der Waals surface area contributed by atoms with E-state index in [9.17, 15) is 0 Å². The van der Waals surface area contributed by atoms with Crippen LogP contribution in [0.25, 0.3) is 55.7 Å². The van der Waals surface area contributed by atoms with Crippen LogP contribution in [0.1, 0.15) is 25.0 Å². The normalized spacial score (nSPS) is 13.9. The second-order valence-corrected chi connectivity index (χ2v) is 10.4. The van der Waals surface area contributed by atoms with Crippen molar-refractivity contribution < 1.29 is 0 Å². The van der Waals surface area contributed by atoms with E-state index in [2.05, 4.69) is 113 Å². The molecule has 4 heterocycles. The maximum Gasteiger partial charge on any atom is 0.164 e. The summed E-state index contributed by atoms with van der Waals surface area (Å²) in [6.07, 6.45) is 1.84. The largest absolute Gasteiger partial charge is 0.309 e. The van der Waals surface area contributed by atoms with Crippen molar-refractivity contribution in [2.45, 2.75) is 19.3 Å². The zero-order chi connectivity index (χ0) is 24.7. The first-order chi connectivity index (χ1) is 18.1. The number of fused-ring (bicyclic) bond motifs is 5. The molecule has 4 heteroatoms. The molecule has 0 spiro atoms. The summed E-state index contributed by atoms with van der Waals surface area (Å²) >= 11 is 0. The molecule has 0 unspecified atom stereocenters. The molecule has 0 aliphatic carbocycles. The molecular formula is C33H24N4. The molecule has 4 nitrogen and oxygen atoms in total. The third kappa shape index (κ3) is 2.67. The second kappa shape index (κ2) is 7.17. The van der Waals surface area contributed by atoms with E-state index in [0.29, 0.717) is 0 Å². The lowest BCUT2D eigenvalue weighted by Gasteiger charge is -2.35.